The number of furan rings is 1. The van der Waals surface area contributed by atoms with Crippen LogP contribution in [0.25, 0.3) is 11.1 Å². The largest absolute Gasteiger partial charge is 0.475 e. The number of rotatable bonds is 4. The summed E-state index contributed by atoms with van der Waals surface area (Å²) in [4.78, 5) is 14.9. The molecule has 0 spiro atoms. The molecular formula is C13H10N2O4. The zero-order valence-electron chi connectivity index (χ0n) is 9.79. The minimum absolute atomic E-state index is 0.0886. The number of carboxylic acids is 1. The van der Waals surface area contributed by atoms with Crippen LogP contribution < -0.4 is 5.32 Å². The molecule has 6 nitrogen and oxygen atoms in total. The van der Waals surface area contributed by atoms with Crippen molar-refractivity contribution >= 4 is 23.1 Å². The van der Waals surface area contributed by atoms with Gasteiger partial charge in [0, 0.05) is 0 Å². The van der Waals surface area contributed by atoms with Crippen LogP contribution in [0.5, 0.6) is 0 Å². The molecule has 0 aliphatic carbocycles. The van der Waals surface area contributed by atoms with Crippen LogP contribution in [0.2, 0.25) is 0 Å². The zero-order chi connectivity index (χ0) is 13.2. The van der Waals surface area contributed by atoms with Crippen molar-refractivity contribution in [2.24, 2.45) is 0 Å². The van der Waals surface area contributed by atoms with E-state index in [1.54, 1.807) is 6.07 Å². The fourth-order valence-corrected chi connectivity index (χ4v) is 1.70. The monoisotopic (exact) mass is 258 g/mol. The van der Waals surface area contributed by atoms with Crippen LogP contribution in [0.4, 0.5) is 6.01 Å². The van der Waals surface area contributed by atoms with Gasteiger partial charge in [0.25, 0.3) is 6.01 Å². The maximum Gasteiger partial charge on any atom is 0.371 e. The normalized spacial score (nSPS) is 10.7. The van der Waals surface area contributed by atoms with Gasteiger partial charge in [-0.3, -0.25) is 0 Å². The maximum absolute atomic E-state index is 10.7. The van der Waals surface area contributed by atoms with E-state index < -0.39 is 5.97 Å². The number of para-hydroxylation sites is 2. The molecule has 96 valence electrons. The van der Waals surface area contributed by atoms with E-state index in [0.29, 0.717) is 23.9 Å². The van der Waals surface area contributed by atoms with Crippen molar-refractivity contribution in [3.63, 3.8) is 0 Å². The number of fused-ring (bicyclic) bond motifs is 1. The number of carboxylic acid groups (broad SMARTS) is 1. The average molecular weight is 258 g/mol. The van der Waals surface area contributed by atoms with Crippen molar-refractivity contribution in [3.05, 3.63) is 47.9 Å². The van der Waals surface area contributed by atoms with Gasteiger partial charge in [-0.15, -0.1) is 0 Å². The highest BCUT2D eigenvalue weighted by molar-refractivity contribution is 5.84. The molecule has 19 heavy (non-hydrogen) atoms. The first kappa shape index (κ1) is 11.3. The number of anilines is 1. The molecule has 0 saturated heterocycles. The lowest BCUT2D eigenvalue weighted by Crippen LogP contribution is -1.98. The second-order valence-corrected chi connectivity index (χ2v) is 3.91. The molecule has 3 rings (SSSR count). The molecule has 2 heterocycles. The van der Waals surface area contributed by atoms with Gasteiger partial charge in [-0.1, -0.05) is 12.1 Å². The Labute approximate surface area is 107 Å². The highest BCUT2D eigenvalue weighted by Crippen LogP contribution is 2.19. The van der Waals surface area contributed by atoms with E-state index in [-0.39, 0.29) is 5.76 Å². The lowest BCUT2D eigenvalue weighted by atomic mass is 10.3. The topological polar surface area (TPSA) is 88.5 Å². The smallest absolute Gasteiger partial charge is 0.371 e. The van der Waals surface area contributed by atoms with Crippen LogP contribution in [0.3, 0.4) is 0 Å². The minimum atomic E-state index is -1.09. The van der Waals surface area contributed by atoms with Crippen LogP contribution in [-0.4, -0.2) is 16.1 Å². The van der Waals surface area contributed by atoms with E-state index in [1.807, 2.05) is 24.3 Å². The lowest BCUT2D eigenvalue weighted by Gasteiger charge is -1.97. The molecule has 2 N–H and O–H groups in total. The molecule has 0 atom stereocenters. The summed E-state index contributed by atoms with van der Waals surface area (Å²) in [5.41, 5.74) is 1.45. The van der Waals surface area contributed by atoms with Gasteiger partial charge in [-0.05, 0) is 24.3 Å². The molecule has 0 radical (unpaired) electrons. The van der Waals surface area contributed by atoms with Crippen molar-refractivity contribution in [2.45, 2.75) is 6.54 Å². The molecule has 1 aromatic carbocycles. The van der Waals surface area contributed by atoms with Crippen molar-refractivity contribution in [1.29, 1.82) is 0 Å². The highest BCUT2D eigenvalue weighted by atomic mass is 16.4. The van der Waals surface area contributed by atoms with Crippen molar-refractivity contribution in [1.82, 2.24) is 4.98 Å². The Bertz CT molecular complexity index is 696. The van der Waals surface area contributed by atoms with Crippen molar-refractivity contribution < 1.29 is 18.7 Å². The van der Waals surface area contributed by atoms with E-state index in [0.717, 1.165) is 5.52 Å². The van der Waals surface area contributed by atoms with Crippen LogP contribution >= 0.6 is 0 Å². The quantitative estimate of drug-likeness (QED) is 0.748. The zero-order valence-corrected chi connectivity index (χ0v) is 9.79. The number of aromatic carboxylic acids is 1. The SMILES string of the molecule is O=C(O)c1ccc(CNc2nc3ccccc3o2)o1. The number of aromatic nitrogens is 1. The summed E-state index contributed by atoms with van der Waals surface area (Å²) in [6, 6.07) is 10.8. The number of carbonyl (C=O) groups is 1. The van der Waals surface area contributed by atoms with Gasteiger partial charge in [-0.2, -0.15) is 4.98 Å². The Kier molecular flexibility index (Phi) is 2.68. The first-order valence-corrected chi connectivity index (χ1v) is 5.64. The number of hydrogen-bond donors (Lipinski definition) is 2. The van der Waals surface area contributed by atoms with Gasteiger partial charge in [0.2, 0.25) is 5.76 Å². The van der Waals surface area contributed by atoms with E-state index in [4.69, 9.17) is 13.9 Å². The van der Waals surface area contributed by atoms with Gasteiger partial charge in [0.05, 0.1) is 6.54 Å². The molecule has 0 amide bonds. The van der Waals surface area contributed by atoms with E-state index in [9.17, 15) is 4.79 Å². The number of nitrogens with zero attached hydrogens (tertiary/aromatic N) is 1. The summed E-state index contributed by atoms with van der Waals surface area (Å²) in [7, 11) is 0. The number of hydrogen-bond acceptors (Lipinski definition) is 5. The molecule has 0 unspecified atom stereocenters. The fourth-order valence-electron chi connectivity index (χ4n) is 1.70. The van der Waals surface area contributed by atoms with Crippen LogP contribution in [-0.2, 0) is 6.54 Å². The van der Waals surface area contributed by atoms with Gasteiger partial charge >= 0.3 is 5.97 Å². The van der Waals surface area contributed by atoms with Crippen LogP contribution in [0.1, 0.15) is 16.3 Å². The second-order valence-electron chi connectivity index (χ2n) is 3.91. The summed E-state index contributed by atoms with van der Waals surface area (Å²) in [5, 5.41) is 11.7. The molecule has 2 aromatic heterocycles. The number of nitrogens with one attached hydrogen (secondary N) is 1. The third kappa shape index (κ3) is 2.28. The van der Waals surface area contributed by atoms with Crippen LogP contribution in [0.15, 0.2) is 45.2 Å². The Hall–Kier alpha value is -2.76. The van der Waals surface area contributed by atoms with Crippen molar-refractivity contribution in [2.75, 3.05) is 5.32 Å². The fraction of sp³-hybridized carbons (Fsp3) is 0.0769. The highest BCUT2D eigenvalue weighted by Gasteiger charge is 2.10. The van der Waals surface area contributed by atoms with Gasteiger partial charge in [-0.25, -0.2) is 4.79 Å². The summed E-state index contributed by atoms with van der Waals surface area (Å²) < 4.78 is 10.6. The Morgan fingerprint density at radius 1 is 1.21 bits per heavy atom. The summed E-state index contributed by atoms with van der Waals surface area (Å²) in [6.45, 7) is 0.306. The molecule has 6 heteroatoms. The second kappa shape index (κ2) is 4.49. The molecule has 0 aliphatic rings. The predicted molar refractivity (Wildman–Crippen MR) is 67.0 cm³/mol. The Balaban J connectivity index is 1.72. The number of oxazole rings is 1. The average Bonchev–Trinajstić information content (AvgIpc) is 3.02. The van der Waals surface area contributed by atoms with Crippen molar-refractivity contribution in [3.8, 4) is 0 Å². The third-order valence-corrected chi connectivity index (χ3v) is 2.58. The minimum Gasteiger partial charge on any atom is -0.475 e. The van der Waals surface area contributed by atoms with Gasteiger partial charge in [0.1, 0.15) is 11.3 Å². The molecular weight excluding hydrogens is 248 g/mol. The summed E-state index contributed by atoms with van der Waals surface area (Å²) in [5.74, 6) is -0.679. The molecule has 0 saturated carbocycles. The first-order chi connectivity index (χ1) is 9.22. The summed E-state index contributed by atoms with van der Waals surface area (Å²) in [6.07, 6.45) is 0. The van der Waals surface area contributed by atoms with Gasteiger partial charge < -0.3 is 19.3 Å². The standard InChI is InChI=1S/C13H10N2O4/c16-12(17)11-6-5-8(18-11)7-14-13-15-9-3-1-2-4-10(9)19-13/h1-6H,7H2,(H,14,15)(H,16,17). The Morgan fingerprint density at radius 3 is 2.79 bits per heavy atom. The maximum atomic E-state index is 10.7. The van der Waals surface area contributed by atoms with E-state index in [1.165, 1.54) is 6.07 Å². The summed E-state index contributed by atoms with van der Waals surface area (Å²) >= 11 is 0. The Morgan fingerprint density at radius 2 is 2.05 bits per heavy atom. The molecule has 0 aliphatic heterocycles. The first-order valence-electron chi connectivity index (χ1n) is 5.64. The molecule has 0 bridgehead atoms. The number of benzene rings is 1. The predicted octanol–water partition coefficient (Wildman–Crippen LogP) is 2.73. The third-order valence-electron chi connectivity index (χ3n) is 2.58. The molecule has 3 aromatic rings. The van der Waals surface area contributed by atoms with Crippen LogP contribution in [0, 0.1) is 0 Å². The molecule has 0 fully saturated rings. The van der Waals surface area contributed by atoms with Gasteiger partial charge in [0.15, 0.2) is 5.58 Å². The van der Waals surface area contributed by atoms with E-state index in [2.05, 4.69) is 10.3 Å². The van der Waals surface area contributed by atoms with E-state index >= 15 is 0 Å². The lowest BCUT2D eigenvalue weighted by molar-refractivity contribution is 0.0660.